The van der Waals surface area contributed by atoms with Crippen molar-refractivity contribution in [2.75, 3.05) is 7.11 Å². The van der Waals surface area contributed by atoms with Crippen LogP contribution in [0.4, 0.5) is 0 Å². The number of thiocarbonyl (C=S) groups is 1. The van der Waals surface area contributed by atoms with Crippen LogP contribution in [-0.2, 0) is 19.1 Å². The topological polar surface area (TPSA) is 110 Å². The minimum Gasteiger partial charge on any atom is -0.468 e. The molecule has 3 aromatic heterocycles. The molecular weight excluding hydrogens is 753 g/mol. The van der Waals surface area contributed by atoms with E-state index in [0.717, 1.165) is 103 Å². The van der Waals surface area contributed by atoms with Gasteiger partial charge in [-0.3, -0.25) is 14.6 Å². The number of rotatable bonds is 17. The van der Waals surface area contributed by atoms with Gasteiger partial charge in [0.15, 0.2) is 0 Å². The average molecular weight is 819 g/mol. The molecule has 6 rings (SSSR count). The predicted octanol–water partition coefficient (Wildman–Crippen LogP) is 13.0. The van der Waals surface area contributed by atoms with E-state index >= 15 is 0 Å². The number of esters is 2. The number of fused-ring (bicyclic) bond motifs is 8. The van der Waals surface area contributed by atoms with E-state index in [2.05, 4.69) is 88.8 Å². The normalized spacial score (nSPS) is 18.6. The molecule has 2 N–H and O–H groups in total. The van der Waals surface area contributed by atoms with Gasteiger partial charge >= 0.3 is 11.9 Å². The zero-order valence-corrected chi connectivity index (χ0v) is 38.0. The van der Waals surface area contributed by atoms with Crippen LogP contribution in [0, 0.1) is 31.6 Å². The van der Waals surface area contributed by atoms with Crippen molar-refractivity contribution >= 4 is 62.7 Å². The Labute approximate surface area is 357 Å². The van der Waals surface area contributed by atoms with Crippen LogP contribution >= 0.6 is 12.2 Å². The third-order valence-corrected chi connectivity index (χ3v) is 13.3. The fraction of sp³-hybridized carbons (Fsp3) is 0.540. The van der Waals surface area contributed by atoms with Crippen LogP contribution in [0.25, 0.3) is 33.7 Å². The number of ether oxygens (including phenoxy) is 2. The molecule has 1 aliphatic carbocycles. The van der Waals surface area contributed by atoms with Gasteiger partial charge in [0.05, 0.1) is 36.0 Å². The lowest BCUT2D eigenvalue weighted by atomic mass is 9.84. The van der Waals surface area contributed by atoms with Crippen LogP contribution in [-0.4, -0.2) is 43.8 Å². The van der Waals surface area contributed by atoms with Crippen LogP contribution in [0.3, 0.4) is 0 Å². The Morgan fingerprint density at radius 1 is 0.881 bits per heavy atom. The summed E-state index contributed by atoms with van der Waals surface area (Å²) in [7, 11) is 1.40. The molecule has 0 aromatic carbocycles. The summed E-state index contributed by atoms with van der Waals surface area (Å²) >= 11 is 6.09. The first-order valence-corrected chi connectivity index (χ1v) is 22.5. The van der Waals surface area contributed by atoms with E-state index in [9.17, 15) is 9.59 Å². The van der Waals surface area contributed by atoms with E-state index < -0.39 is 11.9 Å². The van der Waals surface area contributed by atoms with E-state index in [1.807, 2.05) is 13.8 Å². The summed E-state index contributed by atoms with van der Waals surface area (Å²) < 4.78 is 11.1. The molecule has 0 radical (unpaired) electrons. The number of H-pyrrole nitrogens is 2. The molecule has 3 aromatic rings. The first kappa shape index (κ1) is 44.2. The second kappa shape index (κ2) is 19.3. The number of methoxy groups -OCH3 is 1. The minimum absolute atomic E-state index is 0.0528. The van der Waals surface area contributed by atoms with Gasteiger partial charge in [0, 0.05) is 56.5 Å². The summed E-state index contributed by atoms with van der Waals surface area (Å²) in [5.41, 5.74) is 12.7. The first-order valence-electron chi connectivity index (χ1n) is 22.1. The smallest absolute Gasteiger partial charge is 0.318 e. The second-order valence-corrected chi connectivity index (χ2v) is 18.8. The molecular formula is C50H66N4O4S. The summed E-state index contributed by atoms with van der Waals surface area (Å²) in [6, 6.07) is 8.33. The molecule has 0 fully saturated rings. The van der Waals surface area contributed by atoms with Gasteiger partial charge in [-0.2, -0.15) is 0 Å². The van der Waals surface area contributed by atoms with Gasteiger partial charge < -0.3 is 19.4 Å². The van der Waals surface area contributed by atoms with Crippen molar-refractivity contribution in [1.29, 1.82) is 0 Å². The Hall–Kier alpha value is -4.37. The van der Waals surface area contributed by atoms with Crippen molar-refractivity contribution in [3.8, 4) is 0 Å². The number of aryl methyl sites for hydroxylation is 2. The predicted molar refractivity (Wildman–Crippen MR) is 245 cm³/mol. The van der Waals surface area contributed by atoms with Gasteiger partial charge in [-0.15, -0.1) is 0 Å². The lowest BCUT2D eigenvalue weighted by Crippen LogP contribution is -2.21. The fourth-order valence-corrected chi connectivity index (χ4v) is 9.67. The molecule has 8 nitrogen and oxygen atoms in total. The highest BCUT2D eigenvalue weighted by molar-refractivity contribution is 7.81. The maximum absolute atomic E-state index is 13.6. The standard InChI is InChI=1S/C50H66N4O4S/c1-28(2)14-11-15-29(3)16-12-17-30(4)18-13-19-31(5)27-58-43(55)21-20-38-34(8)41-25-39-32(6)22-36(51-39)24-37-23-33(7)40(52-37)26-42-35(9)44-48(54-42)45(47(38)53-41)46(49(44)59)50(56)57-10/h22-30,34,38,46,51,54H,11-21H2,1-10H3/b31-27+,36-24?,37-24?,39-25?,40-26?,41-25?,42-26?,47-45?. The molecule has 2 aliphatic heterocycles. The van der Waals surface area contributed by atoms with Crippen LogP contribution in [0.1, 0.15) is 182 Å². The Balaban J connectivity index is 1.21. The quantitative estimate of drug-likeness (QED) is 0.0793. The summed E-state index contributed by atoms with van der Waals surface area (Å²) in [5, 5.41) is 0. The molecule has 0 spiro atoms. The Kier molecular flexibility index (Phi) is 14.5. The Morgan fingerprint density at radius 2 is 1.58 bits per heavy atom. The highest BCUT2D eigenvalue weighted by Gasteiger charge is 2.43. The average Bonchev–Trinajstić information content (AvgIpc) is 3.95. The van der Waals surface area contributed by atoms with E-state index in [-0.39, 0.29) is 24.2 Å². The molecule has 5 atom stereocenters. The molecule has 5 heterocycles. The summed E-state index contributed by atoms with van der Waals surface area (Å²) in [6.07, 6.45) is 15.6. The molecule has 9 heteroatoms. The van der Waals surface area contributed by atoms with Gasteiger partial charge in [-0.1, -0.05) is 91.8 Å². The molecule has 0 saturated carbocycles. The number of carbonyl (C=O) groups excluding carboxylic acids is 2. The lowest BCUT2D eigenvalue weighted by molar-refractivity contribution is -0.140. The van der Waals surface area contributed by atoms with Crippen molar-refractivity contribution in [3.05, 3.63) is 81.1 Å². The molecule has 8 bridgehead atoms. The van der Waals surface area contributed by atoms with Gasteiger partial charge in [0.2, 0.25) is 0 Å². The highest BCUT2D eigenvalue weighted by atomic mass is 32.1. The number of nitrogens with zero attached hydrogens (tertiary/aromatic N) is 2. The van der Waals surface area contributed by atoms with Gasteiger partial charge in [-0.05, 0) is 117 Å². The molecule has 3 aliphatic rings. The first-order chi connectivity index (χ1) is 28.1. The fourth-order valence-electron chi connectivity index (χ4n) is 9.20. The summed E-state index contributed by atoms with van der Waals surface area (Å²) in [4.78, 5) is 44.9. The number of aromatic nitrogens is 4. The van der Waals surface area contributed by atoms with Crippen LogP contribution in [0.5, 0.6) is 0 Å². The molecule has 0 amide bonds. The third-order valence-electron chi connectivity index (χ3n) is 12.9. The zero-order chi connectivity index (χ0) is 42.5. The van der Waals surface area contributed by atoms with Crippen LogP contribution in [0.2, 0.25) is 0 Å². The maximum atomic E-state index is 13.6. The maximum Gasteiger partial charge on any atom is 0.318 e. The molecule has 316 valence electrons. The highest BCUT2D eigenvalue weighted by Crippen LogP contribution is 2.48. The Bertz CT molecular complexity index is 2290. The number of nitrogens with one attached hydrogen (secondary N) is 2. The number of hydrogen-bond acceptors (Lipinski definition) is 7. The summed E-state index contributed by atoms with van der Waals surface area (Å²) in [5.74, 6) is 0.603. The summed E-state index contributed by atoms with van der Waals surface area (Å²) in [6.45, 7) is 19.8. The second-order valence-electron chi connectivity index (χ2n) is 18.3. The number of hydrogen-bond donors (Lipinski definition) is 2. The van der Waals surface area contributed by atoms with E-state index in [4.69, 9.17) is 31.7 Å². The van der Waals surface area contributed by atoms with Gasteiger partial charge in [0.25, 0.3) is 0 Å². The van der Waals surface area contributed by atoms with Gasteiger partial charge in [0.1, 0.15) is 5.92 Å². The van der Waals surface area contributed by atoms with Crippen LogP contribution in [0.15, 0.2) is 36.1 Å². The largest absolute Gasteiger partial charge is 0.468 e. The van der Waals surface area contributed by atoms with Gasteiger partial charge in [-0.25, -0.2) is 4.98 Å². The van der Waals surface area contributed by atoms with E-state index in [1.54, 1.807) is 6.26 Å². The van der Waals surface area contributed by atoms with Crippen molar-refractivity contribution in [2.24, 2.45) is 17.8 Å². The van der Waals surface area contributed by atoms with Crippen LogP contribution < -0.4 is 0 Å². The van der Waals surface area contributed by atoms with E-state index in [0.29, 0.717) is 17.2 Å². The number of allylic oxidation sites excluding steroid dienone is 2. The Morgan fingerprint density at radius 3 is 2.27 bits per heavy atom. The molecule has 0 saturated heterocycles. The van der Waals surface area contributed by atoms with Crippen molar-refractivity contribution in [1.82, 2.24) is 19.9 Å². The zero-order valence-electron chi connectivity index (χ0n) is 37.1. The van der Waals surface area contributed by atoms with E-state index in [1.165, 1.54) is 52.1 Å². The van der Waals surface area contributed by atoms with Crippen molar-refractivity contribution in [2.45, 2.75) is 151 Å². The van der Waals surface area contributed by atoms with Crippen molar-refractivity contribution in [3.63, 3.8) is 0 Å². The number of carbonyl (C=O) groups is 2. The lowest BCUT2D eigenvalue weighted by Gasteiger charge is -2.19. The molecule has 5 unspecified atom stereocenters. The monoisotopic (exact) mass is 818 g/mol. The van der Waals surface area contributed by atoms with Crippen molar-refractivity contribution < 1.29 is 19.1 Å². The minimum atomic E-state index is -0.794. The third kappa shape index (κ3) is 10.3. The molecule has 59 heavy (non-hydrogen) atoms. The number of aromatic amines is 2. The SMILES string of the molecule is COC(=O)C1C(=S)c2c(C)c3cc4nc(cc5cc(C)c(cc6nc(c1c2[nH]3)C(CCC(=O)O/C=C(\C)CCCC(C)CCCC(C)CCCC(C)C)C6C)[nH]5)C=C4C.